The largest absolute Gasteiger partial charge is 0.472 e. The molecule has 0 aliphatic heterocycles. The number of pyridine rings is 1. The van der Waals surface area contributed by atoms with Crippen LogP contribution in [-0.2, 0) is 0 Å². The molecule has 0 aliphatic rings. The van der Waals surface area contributed by atoms with E-state index in [1.807, 2.05) is 0 Å². The maximum Gasteiger partial charge on any atom is 0.257 e. The van der Waals surface area contributed by atoms with Gasteiger partial charge in [-0.1, -0.05) is 0 Å². The molecule has 4 aromatic rings. The molecule has 0 spiro atoms. The second kappa shape index (κ2) is 7.29. The van der Waals surface area contributed by atoms with Crippen molar-refractivity contribution in [2.24, 2.45) is 0 Å². The molecule has 0 aliphatic carbocycles. The number of benzene rings is 2. The van der Waals surface area contributed by atoms with Crippen LogP contribution in [0.5, 0.6) is 0 Å². The average Bonchev–Trinajstić information content (AvgIpc) is 3.28. The first-order valence-electron chi connectivity index (χ1n) is 8.68. The molecule has 7 heteroatoms. The van der Waals surface area contributed by atoms with Crippen LogP contribution in [0.4, 0.5) is 11.4 Å². The number of nitrogen functional groups attached to an aromatic ring is 1. The van der Waals surface area contributed by atoms with E-state index in [1.165, 1.54) is 12.5 Å². The van der Waals surface area contributed by atoms with E-state index in [1.54, 1.807) is 54.7 Å². The van der Waals surface area contributed by atoms with Crippen molar-refractivity contribution < 1.29 is 9.21 Å². The molecular weight excluding hydrogens is 366 g/mol. The average molecular weight is 381 g/mol. The Kier molecular flexibility index (Phi) is 4.51. The highest BCUT2D eigenvalue weighted by molar-refractivity contribution is 6.16. The summed E-state index contributed by atoms with van der Waals surface area (Å²) in [4.78, 5) is 17.2. The number of furan rings is 1. The molecule has 4 N–H and O–H groups in total. The Labute approximate surface area is 165 Å². The lowest BCUT2D eigenvalue weighted by Gasteiger charge is -2.11. The van der Waals surface area contributed by atoms with Crippen LogP contribution in [0.25, 0.3) is 10.9 Å². The zero-order valence-corrected chi connectivity index (χ0v) is 15.1. The molecule has 0 radical (unpaired) electrons. The number of nitrogens with two attached hydrogens (primary N) is 1. The monoisotopic (exact) mass is 381 g/mol. The molecule has 0 fully saturated rings. The van der Waals surface area contributed by atoms with Gasteiger partial charge in [-0.2, -0.15) is 5.26 Å². The van der Waals surface area contributed by atoms with Crippen molar-refractivity contribution >= 4 is 33.9 Å². The van der Waals surface area contributed by atoms with Crippen LogP contribution in [0, 0.1) is 16.7 Å². The van der Waals surface area contributed by atoms with Crippen LogP contribution >= 0.6 is 0 Å². The molecule has 7 nitrogen and oxygen atoms in total. The number of hydrogen-bond acceptors (Lipinski definition) is 6. The summed E-state index contributed by atoms with van der Waals surface area (Å²) in [5.41, 5.74) is 9.43. The Hall–Kier alpha value is -4.44. The Bertz CT molecular complexity index is 1290. The molecule has 0 atom stereocenters. The van der Waals surface area contributed by atoms with Crippen molar-refractivity contribution in [3.05, 3.63) is 89.5 Å². The van der Waals surface area contributed by atoms with E-state index >= 15 is 0 Å². The molecule has 2 heterocycles. The maximum absolute atomic E-state index is 12.9. The first kappa shape index (κ1) is 17.9. The molecule has 0 saturated carbocycles. The van der Waals surface area contributed by atoms with Crippen LogP contribution in [0.1, 0.15) is 27.0 Å². The number of fused-ring (bicyclic) bond motifs is 1. The summed E-state index contributed by atoms with van der Waals surface area (Å²) in [6.07, 6.45) is 4.52. The molecule has 4 rings (SSSR count). The topological polar surface area (TPSA) is 129 Å². The first-order chi connectivity index (χ1) is 14.1. The highest BCUT2D eigenvalue weighted by Gasteiger charge is 2.16. The fourth-order valence-corrected chi connectivity index (χ4v) is 3.06. The van der Waals surface area contributed by atoms with Crippen molar-refractivity contribution in [3.8, 4) is 6.07 Å². The lowest BCUT2D eigenvalue weighted by molar-refractivity contribution is 0.102. The lowest BCUT2D eigenvalue weighted by atomic mass is 10.0. The number of rotatable bonds is 4. The van der Waals surface area contributed by atoms with Crippen LogP contribution in [0.15, 0.2) is 71.7 Å². The number of carbonyl (C=O) groups excluding carboxylic acids is 1. The van der Waals surface area contributed by atoms with Gasteiger partial charge in [-0.15, -0.1) is 0 Å². The first-order valence-corrected chi connectivity index (χ1v) is 8.68. The smallest absolute Gasteiger partial charge is 0.257 e. The number of nitrogens with one attached hydrogen (secondary N) is 2. The Balaban J connectivity index is 1.68. The minimum absolute atomic E-state index is 0.192. The number of nitriles is 1. The Morgan fingerprint density at radius 1 is 1.17 bits per heavy atom. The quantitative estimate of drug-likeness (QED) is 0.364. The van der Waals surface area contributed by atoms with Crippen molar-refractivity contribution in [1.29, 1.82) is 10.7 Å². The highest BCUT2D eigenvalue weighted by Crippen LogP contribution is 2.24. The normalized spacial score (nSPS) is 10.4. The zero-order valence-electron chi connectivity index (χ0n) is 15.1. The van der Waals surface area contributed by atoms with Crippen LogP contribution in [0.3, 0.4) is 0 Å². The number of hydrogen-bond donors (Lipinski definition) is 3. The molecule has 1 amide bonds. The number of amides is 1. The van der Waals surface area contributed by atoms with Crippen LogP contribution < -0.4 is 11.1 Å². The van der Waals surface area contributed by atoms with Gasteiger partial charge in [0.05, 0.1) is 41.0 Å². The number of nitrogens with zero attached hydrogens (tertiary/aromatic N) is 2. The van der Waals surface area contributed by atoms with E-state index in [2.05, 4.69) is 16.4 Å². The SMILES string of the molecule is N#Cc1ccc(C(=O)Nc2ccc(N)c(C(=N)c3ccoc3)c2)c2ncccc12. The van der Waals surface area contributed by atoms with E-state index in [4.69, 9.17) is 15.6 Å². The third kappa shape index (κ3) is 3.31. The van der Waals surface area contributed by atoms with Gasteiger partial charge in [-0.3, -0.25) is 15.2 Å². The van der Waals surface area contributed by atoms with Gasteiger partial charge in [0, 0.05) is 34.1 Å². The summed E-state index contributed by atoms with van der Waals surface area (Å²) in [5.74, 6) is -0.372. The molecule has 2 aromatic heterocycles. The molecule has 0 bridgehead atoms. The Morgan fingerprint density at radius 3 is 2.79 bits per heavy atom. The standard InChI is InChI=1S/C22H15N5O2/c23-11-13-3-5-17(21-16(13)2-1-8-26-21)22(28)27-15-4-6-19(24)18(10-15)20(25)14-7-9-29-12-14/h1-10,12,25H,24H2,(H,27,28). The number of anilines is 2. The molecular formula is C22H15N5O2. The van der Waals surface area contributed by atoms with Gasteiger partial charge in [0.25, 0.3) is 5.91 Å². The predicted molar refractivity (Wildman–Crippen MR) is 110 cm³/mol. The van der Waals surface area contributed by atoms with E-state index in [9.17, 15) is 10.1 Å². The maximum atomic E-state index is 12.9. The van der Waals surface area contributed by atoms with Crippen molar-refractivity contribution in [2.45, 2.75) is 0 Å². The molecule has 0 saturated heterocycles. The van der Waals surface area contributed by atoms with Gasteiger partial charge >= 0.3 is 0 Å². The van der Waals surface area contributed by atoms with Crippen molar-refractivity contribution in [3.63, 3.8) is 0 Å². The molecule has 0 unspecified atom stereocenters. The summed E-state index contributed by atoms with van der Waals surface area (Å²) in [7, 11) is 0. The summed E-state index contributed by atoms with van der Waals surface area (Å²) in [6, 6.07) is 15.4. The fraction of sp³-hybridized carbons (Fsp3) is 0. The molecule has 140 valence electrons. The minimum Gasteiger partial charge on any atom is -0.472 e. The van der Waals surface area contributed by atoms with Crippen molar-refractivity contribution in [1.82, 2.24) is 4.98 Å². The van der Waals surface area contributed by atoms with E-state index in [-0.39, 0.29) is 11.6 Å². The number of carbonyl (C=O) groups is 1. The van der Waals surface area contributed by atoms with E-state index in [0.29, 0.717) is 44.5 Å². The zero-order chi connectivity index (χ0) is 20.4. The van der Waals surface area contributed by atoms with Gasteiger partial charge in [-0.05, 0) is 48.5 Å². The van der Waals surface area contributed by atoms with Crippen LogP contribution in [0.2, 0.25) is 0 Å². The highest BCUT2D eigenvalue weighted by atomic mass is 16.3. The molecule has 2 aromatic carbocycles. The summed E-state index contributed by atoms with van der Waals surface area (Å²) in [5, 5.41) is 21.0. The molecule has 29 heavy (non-hydrogen) atoms. The number of aromatic nitrogens is 1. The second-order valence-corrected chi connectivity index (χ2v) is 6.32. The summed E-state index contributed by atoms with van der Waals surface area (Å²) in [6.45, 7) is 0. The fourth-order valence-electron chi connectivity index (χ4n) is 3.06. The minimum atomic E-state index is -0.372. The predicted octanol–water partition coefficient (Wildman–Crippen LogP) is 3.95. The van der Waals surface area contributed by atoms with Gasteiger partial charge in [0.2, 0.25) is 0 Å². The van der Waals surface area contributed by atoms with Gasteiger partial charge in [0.1, 0.15) is 0 Å². The Morgan fingerprint density at radius 2 is 2.03 bits per heavy atom. The van der Waals surface area contributed by atoms with E-state index in [0.717, 1.165) is 0 Å². The van der Waals surface area contributed by atoms with Gasteiger partial charge in [0.15, 0.2) is 0 Å². The third-order valence-corrected chi connectivity index (χ3v) is 4.53. The third-order valence-electron chi connectivity index (χ3n) is 4.53. The van der Waals surface area contributed by atoms with Crippen LogP contribution in [-0.4, -0.2) is 16.6 Å². The summed E-state index contributed by atoms with van der Waals surface area (Å²) < 4.78 is 5.03. The van der Waals surface area contributed by atoms with Crippen molar-refractivity contribution in [2.75, 3.05) is 11.1 Å². The lowest BCUT2D eigenvalue weighted by Crippen LogP contribution is -2.14. The van der Waals surface area contributed by atoms with Gasteiger partial charge in [-0.25, -0.2) is 0 Å². The second-order valence-electron chi connectivity index (χ2n) is 6.32. The summed E-state index contributed by atoms with van der Waals surface area (Å²) >= 11 is 0. The van der Waals surface area contributed by atoms with Gasteiger partial charge < -0.3 is 15.5 Å². The van der Waals surface area contributed by atoms with E-state index < -0.39 is 0 Å².